The topological polar surface area (TPSA) is 55.6 Å². The van der Waals surface area contributed by atoms with Gasteiger partial charge in [-0.2, -0.15) is 0 Å². The Bertz CT molecular complexity index is 507. The van der Waals surface area contributed by atoms with E-state index in [2.05, 4.69) is 19.9 Å². The Kier molecular flexibility index (Phi) is 7.17. The maximum atomic E-state index is 12.3. The van der Waals surface area contributed by atoms with Gasteiger partial charge in [0.25, 0.3) is 0 Å². The summed E-state index contributed by atoms with van der Waals surface area (Å²) in [6.45, 7) is 8.06. The molecule has 0 saturated carbocycles. The lowest BCUT2D eigenvalue weighted by Gasteiger charge is -2.21. The van der Waals surface area contributed by atoms with Gasteiger partial charge in [0.05, 0.1) is 13.0 Å². The molecule has 2 atom stereocenters. The number of hydrogen-bond acceptors (Lipinski definition) is 3. The molecule has 5 heteroatoms. The molecule has 2 N–H and O–H groups in total. The number of hydrogen-bond donors (Lipinski definition) is 1. The van der Waals surface area contributed by atoms with Gasteiger partial charge in [-0.25, -0.2) is 0 Å². The fraction of sp³-hybridized carbons (Fsp3) is 0.588. The minimum atomic E-state index is 0. The number of aryl methyl sites for hydroxylation is 2. The molecule has 1 aliphatic rings. The molecule has 2 rings (SSSR count). The van der Waals surface area contributed by atoms with Crippen LogP contribution in [-0.2, 0) is 4.79 Å². The van der Waals surface area contributed by atoms with Crippen LogP contribution in [0.3, 0.4) is 0 Å². The van der Waals surface area contributed by atoms with Crippen LogP contribution in [0.15, 0.2) is 18.2 Å². The van der Waals surface area contributed by atoms with Crippen molar-refractivity contribution in [2.75, 3.05) is 19.7 Å². The van der Waals surface area contributed by atoms with Gasteiger partial charge in [-0.3, -0.25) is 4.79 Å². The van der Waals surface area contributed by atoms with Crippen LogP contribution in [0, 0.1) is 19.8 Å². The molecule has 1 amide bonds. The summed E-state index contributed by atoms with van der Waals surface area (Å²) in [5, 5.41) is 0. The van der Waals surface area contributed by atoms with Crippen molar-refractivity contribution >= 4 is 18.3 Å². The van der Waals surface area contributed by atoms with Crippen molar-refractivity contribution in [2.24, 2.45) is 11.7 Å². The molecule has 1 heterocycles. The lowest BCUT2D eigenvalue weighted by molar-refractivity contribution is -0.132. The van der Waals surface area contributed by atoms with E-state index in [0.717, 1.165) is 24.3 Å². The van der Waals surface area contributed by atoms with Crippen molar-refractivity contribution in [1.82, 2.24) is 4.90 Å². The zero-order chi connectivity index (χ0) is 15.4. The number of nitrogens with zero attached hydrogens (tertiary/aromatic N) is 1. The van der Waals surface area contributed by atoms with Gasteiger partial charge in [0.15, 0.2) is 0 Å². The molecule has 4 nitrogen and oxygen atoms in total. The minimum absolute atomic E-state index is 0. The van der Waals surface area contributed by atoms with Gasteiger partial charge in [-0.1, -0.05) is 17.7 Å². The van der Waals surface area contributed by atoms with Crippen LogP contribution in [-0.4, -0.2) is 36.5 Å². The number of benzene rings is 1. The van der Waals surface area contributed by atoms with E-state index in [1.807, 2.05) is 24.0 Å². The SMILES string of the molecule is Cc1ccc(OCCC(=O)N2CC(CN)CC2C)c(C)c1.Cl. The highest BCUT2D eigenvalue weighted by molar-refractivity contribution is 5.85. The van der Waals surface area contributed by atoms with E-state index >= 15 is 0 Å². The van der Waals surface area contributed by atoms with Crippen molar-refractivity contribution in [3.63, 3.8) is 0 Å². The van der Waals surface area contributed by atoms with Gasteiger partial charge >= 0.3 is 0 Å². The van der Waals surface area contributed by atoms with Crippen molar-refractivity contribution in [2.45, 2.75) is 39.7 Å². The molecule has 0 aliphatic carbocycles. The van der Waals surface area contributed by atoms with Gasteiger partial charge in [0.1, 0.15) is 5.75 Å². The number of amides is 1. The summed E-state index contributed by atoms with van der Waals surface area (Å²) in [7, 11) is 0. The van der Waals surface area contributed by atoms with Crippen LogP contribution < -0.4 is 10.5 Å². The fourth-order valence-corrected chi connectivity index (χ4v) is 3.01. The number of rotatable bonds is 5. The normalized spacial score (nSPS) is 20.6. The van der Waals surface area contributed by atoms with E-state index in [9.17, 15) is 4.79 Å². The highest BCUT2D eigenvalue weighted by Crippen LogP contribution is 2.23. The van der Waals surface area contributed by atoms with Crippen molar-refractivity contribution in [3.8, 4) is 5.75 Å². The first-order chi connectivity index (χ1) is 10.0. The second-order valence-corrected chi connectivity index (χ2v) is 6.10. The molecule has 1 aliphatic heterocycles. The smallest absolute Gasteiger partial charge is 0.226 e. The van der Waals surface area contributed by atoms with E-state index in [1.165, 1.54) is 5.56 Å². The average Bonchev–Trinajstić information content (AvgIpc) is 2.82. The van der Waals surface area contributed by atoms with Crippen LogP contribution in [0.2, 0.25) is 0 Å². The highest BCUT2D eigenvalue weighted by Gasteiger charge is 2.31. The monoisotopic (exact) mass is 326 g/mol. The summed E-state index contributed by atoms with van der Waals surface area (Å²) in [5.74, 6) is 1.48. The van der Waals surface area contributed by atoms with Crippen LogP contribution in [0.1, 0.15) is 30.9 Å². The summed E-state index contributed by atoms with van der Waals surface area (Å²) in [6, 6.07) is 6.38. The molecule has 1 aromatic carbocycles. The van der Waals surface area contributed by atoms with Gasteiger partial charge in [-0.05, 0) is 51.3 Å². The molecule has 1 fully saturated rings. The Balaban J connectivity index is 0.00000242. The third kappa shape index (κ3) is 4.62. The van der Waals surface area contributed by atoms with Gasteiger partial charge in [0.2, 0.25) is 5.91 Å². The second kappa shape index (κ2) is 8.39. The number of halogens is 1. The van der Waals surface area contributed by atoms with E-state index in [4.69, 9.17) is 10.5 Å². The zero-order valence-corrected chi connectivity index (χ0v) is 14.5. The quantitative estimate of drug-likeness (QED) is 0.905. The van der Waals surface area contributed by atoms with Crippen molar-refractivity contribution in [1.29, 1.82) is 0 Å². The maximum absolute atomic E-state index is 12.3. The number of likely N-dealkylation sites (tertiary alicyclic amines) is 1. The Morgan fingerprint density at radius 3 is 2.73 bits per heavy atom. The molecular weight excluding hydrogens is 300 g/mol. The van der Waals surface area contributed by atoms with Crippen LogP contribution >= 0.6 is 12.4 Å². The van der Waals surface area contributed by atoms with Crippen LogP contribution in [0.5, 0.6) is 5.75 Å². The summed E-state index contributed by atoms with van der Waals surface area (Å²) in [5.41, 5.74) is 8.03. The summed E-state index contributed by atoms with van der Waals surface area (Å²) in [4.78, 5) is 14.2. The van der Waals surface area contributed by atoms with Crippen LogP contribution in [0.4, 0.5) is 0 Å². The molecule has 0 spiro atoms. The highest BCUT2D eigenvalue weighted by atomic mass is 35.5. The first-order valence-electron chi connectivity index (χ1n) is 7.71. The predicted molar refractivity (Wildman–Crippen MR) is 91.6 cm³/mol. The molecule has 2 unspecified atom stereocenters. The number of ether oxygens (including phenoxy) is 1. The maximum Gasteiger partial charge on any atom is 0.226 e. The van der Waals surface area contributed by atoms with E-state index in [-0.39, 0.29) is 18.3 Å². The first kappa shape index (κ1) is 18.8. The van der Waals surface area contributed by atoms with Crippen molar-refractivity contribution < 1.29 is 9.53 Å². The Morgan fingerprint density at radius 1 is 1.41 bits per heavy atom. The minimum Gasteiger partial charge on any atom is -0.493 e. The number of nitrogens with two attached hydrogens (primary N) is 1. The van der Waals surface area contributed by atoms with E-state index in [1.54, 1.807) is 0 Å². The molecule has 124 valence electrons. The Morgan fingerprint density at radius 2 is 2.14 bits per heavy atom. The lowest BCUT2D eigenvalue weighted by atomic mass is 10.1. The lowest BCUT2D eigenvalue weighted by Crippen LogP contribution is -2.35. The fourth-order valence-electron chi connectivity index (χ4n) is 3.01. The van der Waals surface area contributed by atoms with E-state index in [0.29, 0.717) is 31.5 Å². The summed E-state index contributed by atoms with van der Waals surface area (Å²) >= 11 is 0. The number of carbonyl (C=O) groups is 1. The average molecular weight is 327 g/mol. The molecule has 1 aromatic rings. The summed E-state index contributed by atoms with van der Waals surface area (Å²) in [6.07, 6.45) is 1.44. The van der Waals surface area contributed by atoms with Crippen molar-refractivity contribution in [3.05, 3.63) is 29.3 Å². The van der Waals surface area contributed by atoms with Gasteiger partial charge < -0.3 is 15.4 Å². The van der Waals surface area contributed by atoms with Gasteiger partial charge in [-0.15, -0.1) is 12.4 Å². The Labute approximate surface area is 139 Å². The standard InChI is InChI=1S/C17H26N2O2.ClH/c1-12-4-5-16(13(2)8-12)21-7-6-17(20)19-11-15(10-18)9-14(19)3;/h4-5,8,14-15H,6-7,9-11,18H2,1-3H3;1H. The van der Waals surface area contributed by atoms with Crippen LogP contribution in [0.25, 0.3) is 0 Å². The molecule has 22 heavy (non-hydrogen) atoms. The number of carbonyl (C=O) groups excluding carboxylic acids is 1. The molecule has 0 radical (unpaired) electrons. The first-order valence-corrected chi connectivity index (χ1v) is 7.71. The molecule has 1 saturated heterocycles. The molecular formula is C17H27ClN2O2. The zero-order valence-electron chi connectivity index (χ0n) is 13.7. The third-order valence-corrected chi connectivity index (χ3v) is 4.22. The van der Waals surface area contributed by atoms with E-state index < -0.39 is 0 Å². The Hall–Kier alpha value is -1.26. The second-order valence-electron chi connectivity index (χ2n) is 6.10. The summed E-state index contributed by atoms with van der Waals surface area (Å²) < 4.78 is 5.74. The largest absolute Gasteiger partial charge is 0.493 e. The predicted octanol–water partition coefficient (Wildman–Crippen LogP) is 2.69. The molecule has 0 bridgehead atoms. The molecule has 0 aromatic heterocycles. The third-order valence-electron chi connectivity index (χ3n) is 4.22. The van der Waals surface area contributed by atoms with Gasteiger partial charge in [0, 0.05) is 12.6 Å².